The second-order valence-corrected chi connectivity index (χ2v) is 5.24. The van der Waals surface area contributed by atoms with E-state index in [0.717, 1.165) is 42.5 Å². The minimum absolute atomic E-state index is 0.178. The number of nitrogens with two attached hydrogens (primary N) is 1. The number of nitrogens with zero attached hydrogens (tertiary/aromatic N) is 2. The molecule has 0 aliphatic carbocycles. The lowest BCUT2D eigenvalue weighted by molar-refractivity contribution is 0.251. The van der Waals surface area contributed by atoms with Crippen molar-refractivity contribution in [1.82, 2.24) is 5.32 Å². The summed E-state index contributed by atoms with van der Waals surface area (Å²) in [5, 5.41) is 2.65. The van der Waals surface area contributed by atoms with E-state index in [1.165, 1.54) is 0 Å². The molecule has 0 saturated heterocycles. The van der Waals surface area contributed by atoms with Crippen LogP contribution in [0.15, 0.2) is 23.2 Å². The maximum absolute atomic E-state index is 12.4. The Morgan fingerprint density at radius 2 is 1.82 bits per heavy atom. The largest absolute Gasteiger partial charge is 0.370 e. The number of carbonyl (C=O) groups is 1. The van der Waals surface area contributed by atoms with Crippen LogP contribution in [0.3, 0.4) is 0 Å². The van der Waals surface area contributed by atoms with Gasteiger partial charge in [-0.25, -0.2) is 4.79 Å². The van der Waals surface area contributed by atoms with Gasteiger partial charge in [-0.1, -0.05) is 45.4 Å². The Morgan fingerprint density at radius 3 is 2.32 bits per heavy atom. The first-order valence-corrected chi connectivity index (χ1v) is 8.00. The van der Waals surface area contributed by atoms with Crippen LogP contribution < -0.4 is 16.0 Å². The Bertz CT molecular complexity index is 503. The van der Waals surface area contributed by atoms with E-state index in [-0.39, 0.29) is 12.0 Å². The lowest BCUT2D eigenvalue weighted by Crippen LogP contribution is -2.45. The summed E-state index contributed by atoms with van der Waals surface area (Å²) in [6, 6.07) is 5.88. The number of carbonyl (C=O) groups excluding carboxylic acids is 1. The zero-order valence-corrected chi connectivity index (χ0v) is 14.1. The molecule has 0 fully saturated rings. The van der Waals surface area contributed by atoms with Gasteiger partial charge in [-0.3, -0.25) is 15.2 Å². The number of aliphatic imine (C=N–C) groups is 1. The molecule has 2 amide bonds. The molecule has 5 nitrogen and oxygen atoms in total. The fourth-order valence-corrected chi connectivity index (χ4v) is 2.34. The molecule has 1 rings (SSSR count). The molecule has 0 bridgehead atoms. The monoisotopic (exact) mass is 304 g/mol. The van der Waals surface area contributed by atoms with E-state index in [9.17, 15) is 4.79 Å². The molecule has 3 N–H and O–H groups in total. The maximum atomic E-state index is 12.4. The Kier molecular flexibility index (Phi) is 7.43. The van der Waals surface area contributed by atoms with Crippen LogP contribution in [0.2, 0.25) is 0 Å². The minimum Gasteiger partial charge on any atom is -0.370 e. The standard InChI is InChI=1S/C17H28N4O/c1-5-8-12-19-16(18)20-17(22)21(4)15-13(6-2)10-9-11-14(15)7-3/h9-11H,5-8,12H2,1-4H3,(H3,18,19,20,22). The van der Waals surface area contributed by atoms with E-state index in [0.29, 0.717) is 6.54 Å². The van der Waals surface area contributed by atoms with Gasteiger partial charge in [0, 0.05) is 13.6 Å². The van der Waals surface area contributed by atoms with Crippen molar-refractivity contribution < 1.29 is 4.79 Å². The van der Waals surface area contributed by atoms with Crippen molar-refractivity contribution in [2.75, 3.05) is 18.5 Å². The third-order valence-electron chi connectivity index (χ3n) is 3.63. The molecule has 0 heterocycles. The van der Waals surface area contributed by atoms with Gasteiger partial charge in [-0.15, -0.1) is 0 Å². The summed E-state index contributed by atoms with van der Waals surface area (Å²) >= 11 is 0. The summed E-state index contributed by atoms with van der Waals surface area (Å²) in [5.41, 5.74) is 9.03. The number of anilines is 1. The van der Waals surface area contributed by atoms with Crippen LogP contribution in [0, 0.1) is 0 Å². The minimum atomic E-state index is -0.256. The number of hydrogen-bond acceptors (Lipinski definition) is 2. The van der Waals surface area contributed by atoms with Gasteiger partial charge in [0.2, 0.25) is 0 Å². The first kappa shape index (κ1) is 18.0. The van der Waals surface area contributed by atoms with Gasteiger partial charge >= 0.3 is 6.03 Å². The summed E-state index contributed by atoms with van der Waals surface area (Å²) in [6.07, 6.45) is 3.77. The van der Waals surface area contributed by atoms with E-state index in [2.05, 4.69) is 43.2 Å². The molecule has 0 radical (unpaired) electrons. The summed E-state index contributed by atoms with van der Waals surface area (Å²) in [6.45, 7) is 6.90. The highest BCUT2D eigenvalue weighted by atomic mass is 16.2. The summed E-state index contributed by atoms with van der Waals surface area (Å²) < 4.78 is 0. The van der Waals surface area contributed by atoms with Crippen molar-refractivity contribution in [3.63, 3.8) is 0 Å². The maximum Gasteiger partial charge on any atom is 0.328 e. The summed E-state index contributed by atoms with van der Waals surface area (Å²) in [4.78, 5) is 18.2. The van der Waals surface area contributed by atoms with Crippen LogP contribution in [0.4, 0.5) is 10.5 Å². The van der Waals surface area contributed by atoms with Gasteiger partial charge in [-0.2, -0.15) is 0 Å². The first-order chi connectivity index (χ1) is 10.5. The number of nitrogens with one attached hydrogen (secondary N) is 1. The molecule has 1 aromatic carbocycles. The molecule has 0 spiro atoms. The predicted molar refractivity (Wildman–Crippen MR) is 93.5 cm³/mol. The molecule has 22 heavy (non-hydrogen) atoms. The number of unbranched alkanes of at least 4 members (excludes halogenated alkanes) is 1. The second kappa shape index (κ2) is 9.07. The lowest BCUT2D eigenvalue weighted by Gasteiger charge is -2.23. The zero-order chi connectivity index (χ0) is 16.5. The second-order valence-electron chi connectivity index (χ2n) is 5.24. The van der Waals surface area contributed by atoms with Crippen molar-refractivity contribution in [1.29, 1.82) is 0 Å². The van der Waals surface area contributed by atoms with E-state index in [4.69, 9.17) is 5.73 Å². The summed E-state index contributed by atoms with van der Waals surface area (Å²) in [5.74, 6) is 0.178. The third kappa shape index (κ3) is 4.76. The molecule has 0 saturated carbocycles. The van der Waals surface area contributed by atoms with Crippen molar-refractivity contribution in [3.05, 3.63) is 29.3 Å². The highest BCUT2D eigenvalue weighted by Gasteiger charge is 2.17. The molecule has 0 unspecified atom stereocenters. The van der Waals surface area contributed by atoms with E-state index < -0.39 is 0 Å². The van der Waals surface area contributed by atoms with Crippen molar-refractivity contribution >= 4 is 17.7 Å². The van der Waals surface area contributed by atoms with Crippen LogP contribution in [0.1, 0.15) is 44.7 Å². The quantitative estimate of drug-likeness (QED) is 0.481. The van der Waals surface area contributed by atoms with Crippen molar-refractivity contribution in [2.45, 2.75) is 46.5 Å². The normalized spacial score (nSPS) is 11.4. The van der Waals surface area contributed by atoms with E-state index >= 15 is 0 Å². The van der Waals surface area contributed by atoms with Gasteiger partial charge in [0.05, 0.1) is 5.69 Å². The Morgan fingerprint density at radius 1 is 1.23 bits per heavy atom. The van der Waals surface area contributed by atoms with Crippen molar-refractivity contribution in [2.24, 2.45) is 10.7 Å². The number of hydrogen-bond donors (Lipinski definition) is 2. The molecule has 0 aromatic heterocycles. The predicted octanol–water partition coefficient (Wildman–Crippen LogP) is 3.07. The van der Waals surface area contributed by atoms with E-state index in [1.54, 1.807) is 11.9 Å². The van der Waals surface area contributed by atoms with Crippen LogP contribution >= 0.6 is 0 Å². The van der Waals surface area contributed by atoms with Crippen LogP contribution in [-0.2, 0) is 12.8 Å². The number of guanidine groups is 1. The van der Waals surface area contributed by atoms with Gasteiger partial charge in [0.15, 0.2) is 5.96 Å². The molecule has 122 valence electrons. The molecule has 0 atom stereocenters. The summed E-state index contributed by atoms with van der Waals surface area (Å²) in [7, 11) is 1.77. The Balaban J connectivity index is 2.89. The number of aryl methyl sites for hydroxylation is 2. The zero-order valence-electron chi connectivity index (χ0n) is 14.1. The molecule has 0 aliphatic heterocycles. The number of para-hydroxylation sites is 1. The molecular weight excluding hydrogens is 276 g/mol. The van der Waals surface area contributed by atoms with Gasteiger partial charge in [0.25, 0.3) is 0 Å². The van der Waals surface area contributed by atoms with Crippen LogP contribution in [-0.4, -0.2) is 25.6 Å². The first-order valence-electron chi connectivity index (χ1n) is 8.00. The fourth-order valence-electron chi connectivity index (χ4n) is 2.34. The highest BCUT2D eigenvalue weighted by Crippen LogP contribution is 2.26. The smallest absolute Gasteiger partial charge is 0.328 e. The lowest BCUT2D eigenvalue weighted by atomic mass is 10.0. The fraction of sp³-hybridized carbons (Fsp3) is 0.529. The number of benzene rings is 1. The molecule has 5 heteroatoms. The number of rotatable bonds is 6. The number of urea groups is 1. The molecule has 0 aliphatic rings. The molecular formula is C17H28N4O. The highest BCUT2D eigenvalue weighted by molar-refractivity contribution is 6.03. The average molecular weight is 304 g/mol. The third-order valence-corrected chi connectivity index (χ3v) is 3.63. The van der Waals surface area contributed by atoms with Crippen LogP contribution in [0.5, 0.6) is 0 Å². The van der Waals surface area contributed by atoms with E-state index in [1.807, 2.05) is 6.07 Å². The van der Waals surface area contributed by atoms with Gasteiger partial charge in [0.1, 0.15) is 0 Å². The Labute approximate surface area is 133 Å². The van der Waals surface area contributed by atoms with Crippen LogP contribution in [0.25, 0.3) is 0 Å². The topological polar surface area (TPSA) is 70.7 Å². The van der Waals surface area contributed by atoms with Gasteiger partial charge in [-0.05, 0) is 30.4 Å². The van der Waals surface area contributed by atoms with Crippen molar-refractivity contribution in [3.8, 4) is 0 Å². The average Bonchev–Trinajstić information content (AvgIpc) is 2.53. The Hall–Kier alpha value is -2.04. The number of amides is 2. The van der Waals surface area contributed by atoms with Gasteiger partial charge < -0.3 is 5.73 Å². The SMILES string of the molecule is CCCCN=C(N)NC(=O)N(C)c1c(CC)cccc1CC. The molecule has 1 aromatic rings.